The van der Waals surface area contributed by atoms with Gasteiger partial charge in [-0.2, -0.15) is 0 Å². The Morgan fingerprint density at radius 3 is 2.67 bits per heavy atom. The number of carbonyl (C=O) groups excluding carboxylic acids is 1. The molecule has 0 N–H and O–H groups in total. The topological polar surface area (TPSA) is 35.5 Å². The van der Waals surface area contributed by atoms with Crippen molar-refractivity contribution in [2.24, 2.45) is 0 Å². The van der Waals surface area contributed by atoms with Crippen LogP contribution in [0.25, 0.3) is 0 Å². The lowest BCUT2D eigenvalue weighted by atomic mass is 9.86. The summed E-state index contributed by atoms with van der Waals surface area (Å²) in [5.41, 5.74) is 1.66. The number of ether oxygens (including phenoxy) is 2. The number of Topliss-reactive ketones (excluding diaryl/α,β-unsaturated/α-hetero) is 1. The molecular formula is C12H12O3. The lowest BCUT2D eigenvalue weighted by molar-refractivity contribution is -0.172. The van der Waals surface area contributed by atoms with Gasteiger partial charge in [0.05, 0.1) is 13.2 Å². The van der Waals surface area contributed by atoms with Gasteiger partial charge in [-0.1, -0.05) is 24.3 Å². The van der Waals surface area contributed by atoms with E-state index in [1.54, 1.807) is 0 Å². The van der Waals surface area contributed by atoms with Gasteiger partial charge in [0.1, 0.15) is 0 Å². The molecule has 3 heteroatoms. The molecule has 78 valence electrons. The van der Waals surface area contributed by atoms with Crippen LogP contribution in [0.3, 0.4) is 0 Å². The van der Waals surface area contributed by atoms with Gasteiger partial charge in [0, 0.05) is 24.0 Å². The predicted octanol–water partition coefficient (Wildman–Crippen LogP) is 1.86. The van der Waals surface area contributed by atoms with Crippen LogP contribution in [0, 0.1) is 0 Å². The second-order valence-corrected chi connectivity index (χ2v) is 3.92. The number of ketones is 1. The molecule has 2 aliphatic rings. The molecule has 0 bridgehead atoms. The van der Waals surface area contributed by atoms with E-state index in [1.165, 1.54) is 0 Å². The van der Waals surface area contributed by atoms with E-state index in [9.17, 15) is 4.79 Å². The fraction of sp³-hybridized carbons (Fsp3) is 0.417. The predicted molar refractivity (Wildman–Crippen MR) is 53.6 cm³/mol. The molecule has 1 aromatic carbocycles. The van der Waals surface area contributed by atoms with Crippen LogP contribution in [0.5, 0.6) is 0 Å². The summed E-state index contributed by atoms with van der Waals surface area (Å²) in [5, 5.41) is 0. The first-order valence-electron chi connectivity index (χ1n) is 5.22. The van der Waals surface area contributed by atoms with Gasteiger partial charge in [-0.3, -0.25) is 4.79 Å². The largest absolute Gasteiger partial charge is 0.343 e. The van der Waals surface area contributed by atoms with Crippen LogP contribution in [0.1, 0.15) is 28.8 Å². The molecule has 1 heterocycles. The van der Waals surface area contributed by atoms with Crippen molar-refractivity contribution in [2.45, 2.75) is 18.6 Å². The van der Waals surface area contributed by atoms with Gasteiger partial charge in [-0.15, -0.1) is 0 Å². The fourth-order valence-electron chi connectivity index (χ4n) is 2.36. The Balaban J connectivity index is 2.15. The van der Waals surface area contributed by atoms with Crippen molar-refractivity contribution >= 4 is 5.78 Å². The van der Waals surface area contributed by atoms with Gasteiger partial charge >= 0.3 is 0 Å². The first-order valence-corrected chi connectivity index (χ1v) is 5.22. The molecule has 0 saturated carbocycles. The van der Waals surface area contributed by atoms with E-state index >= 15 is 0 Å². The molecule has 3 nitrogen and oxygen atoms in total. The summed E-state index contributed by atoms with van der Waals surface area (Å²) in [6.45, 7) is 1.23. The molecule has 1 aromatic rings. The lowest BCUT2D eigenvalue weighted by Gasteiger charge is -2.32. The van der Waals surface area contributed by atoms with Crippen molar-refractivity contribution < 1.29 is 14.3 Å². The van der Waals surface area contributed by atoms with E-state index in [0.717, 1.165) is 11.1 Å². The van der Waals surface area contributed by atoms with E-state index in [4.69, 9.17) is 9.47 Å². The number of carbonyl (C=O) groups is 1. The van der Waals surface area contributed by atoms with Crippen LogP contribution >= 0.6 is 0 Å². The van der Waals surface area contributed by atoms with E-state index < -0.39 is 5.79 Å². The first-order chi connectivity index (χ1) is 7.32. The molecular weight excluding hydrogens is 192 g/mol. The SMILES string of the molecule is O=C1CCC2(OCCO2)c2ccccc21. The Labute approximate surface area is 88.0 Å². The summed E-state index contributed by atoms with van der Waals surface area (Å²) in [6.07, 6.45) is 1.15. The first kappa shape index (κ1) is 9.07. The van der Waals surface area contributed by atoms with E-state index in [2.05, 4.69) is 0 Å². The van der Waals surface area contributed by atoms with Crippen molar-refractivity contribution in [1.29, 1.82) is 0 Å². The monoisotopic (exact) mass is 204 g/mol. The van der Waals surface area contributed by atoms with Gasteiger partial charge in [0.2, 0.25) is 0 Å². The third-order valence-corrected chi connectivity index (χ3v) is 3.07. The lowest BCUT2D eigenvalue weighted by Crippen LogP contribution is -2.34. The zero-order valence-corrected chi connectivity index (χ0v) is 8.36. The Morgan fingerprint density at radius 2 is 1.87 bits per heavy atom. The highest BCUT2D eigenvalue weighted by Crippen LogP contribution is 2.41. The fourth-order valence-corrected chi connectivity index (χ4v) is 2.36. The van der Waals surface area contributed by atoms with Gasteiger partial charge in [-0.25, -0.2) is 0 Å². The number of rotatable bonds is 0. The molecule has 0 unspecified atom stereocenters. The van der Waals surface area contributed by atoms with Crippen LogP contribution in [-0.2, 0) is 15.3 Å². The molecule has 1 saturated heterocycles. The summed E-state index contributed by atoms with van der Waals surface area (Å²) < 4.78 is 11.4. The molecule has 1 aliphatic heterocycles. The van der Waals surface area contributed by atoms with Gasteiger partial charge in [-0.05, 0) is 0 Å². The maximum atomic E-state index is 11.7. The van der Waals surface area contributed by atoms with Crippen LogP contribution in [0.4, 0.5) is 0 Å². The van der Waals surface area contributed by atoms with E-state index in [-0.39, 0.29) is 5.78 Å². The summed E-state index contributed by atoms with van der Waals surface area (Å²) in [6, 6.07) is 7.58. The van der Waals surface area contributed by atoms with Crippen LogP contribution < -0.4 is 0 Å². The Hall–Kier alpha value is -1.19. The van der Waals surface area contributed by atoms with Gasteiger partial charge in [0.15, 0.2) is 11.6 Å². The molecule has 1 fully saturated rings. The third kappa shape index (κ3) is 1.24. The quantitative estimate of drug-likeness (QED) is 0.647. The summed E-state index contributed by atoms with van der Waals surface area (Å²) in [7, 11) is 0. The molecule has 0 amide bonds. The van der Waals surface area contributed by atoms with Crippen molar-refractivity contribution in [3.63, 3.8) is 0 Å². The van der Waals surface area contributed by atoms with Crippen molar-refractivity contribution in [3.05, 3.63) is 35.4 Å². The Bertz CT molecular complexity index is 405. The second kappa shape index (κ2) is 3.15. The molecule has 3 rings (SSSR count). The molecule has 0 radical (unpaired) electrons. The third-order valence-electron chi connectivity index (χ3n) is 3.07. The minimum Gasteiger partial charge on any atom is -0.343 e. The number of fused-ring (bicyclic) bond motifs is 2. The van der Waals surface area contributed by atoms with Gasteiger partial charge in [0.25, 0.3) is 0 Å². The van der Waals surface area contributed by atoms with E-state index in [1.807, 2.05) is 24.3 Å². The molecule has 0 aromatic heterocycles. The molecule has 15 heavy (non-hydrogen) atoms. The smallest absolute Gasteiger partial charge is 0.196 e. The zero-order valence-electron chi connectivity index (χ0n) is 8.36. The van der Waals surface area contributed by atoms with Crippen LogP contribution in [0.2, 0.25) is 0 Å². The van der Waals surface area contributed by atoms with E-state index in [0.29, 0.717) is 26.1 Å². The minimum absolute atomic E-state index is 0.190. The highest BCUT2D eigenvalue weighted by Gasteiger charge is 2.44. The van der Waals surface area contributed by atoms with Gasteiger partial charge < -0.3 is 9.47 Å². The number of hydrogen-bond donors (Lipinski definition) is 0. The van der Waals surface area contributed by atoms with Crippen molar-refractivity contribution in [1.82, 2.24) is 0 Å². The minimum atomic E-state index is -0.634. The summed E-state index contributed by atoms with van der Waals surface area (Å²) in [4.78, 5) is 11.7. The second-order valence-electron chi connectivity index (χ2n) is 3.92. The highest BCUT2D eigenvalue weighted by atomic mass is 16.7. The average Bonchev–Trinajstić information content (AvgIpc) is 2.74. The zero-order chi connectivity index (χ0) is 10.3. The Morgan fingerprint density at radius 1 is 1.13 bits per heavy atom. The number of benzene rings is 1. The van der Waals surface area contributed by atoms with Crippen LogP contribution in [0.15, 0.2) is 24.3 Å². The van der Waals surface area contributed by atoms with Crippen LogP contribution in [-0.4, -0.2) is 19.0 Å². The maximum absolute atomic E-state index is 11.7. The maximum Gasteiger partial charge on any atom is 0.196 e. The average molecular weight is 204 g/mol. The number of hydrogen-bond acceptors (Lipinski definition) is 3. The highest BCUT2D eigenvalue weighted by molar-refractivity contribution is 5.98. The Kier molecular flexibility index (Phi) is 1.90. The summed E-state index contributed by atoms with van der Waals surface area (Å²) in [5.74, 6) is -0.444. The normalized spacial score (nSPS) is 23.1. The van der Waals surface area contributed by atoms with Crippen molar-refractivity contribution in [3.8, 4) is 0 Å². The standard InChI is InChI=1S/C12H12O3/c13-11-5-6-12(14-7-8-15-12)10-4-2-1-3-9(10)11/h1-4H,5-8H2. The molecule has 1 aliphatic carbocycles. The van der Waals surface area contributed by atoms with Crippen molar-refractivity contribution in [2.75, 3.05) is 13.2 Å². The molecule has 1 spiro atoms. The molecule has 0 atom stereocenters. The summed E-state index contributed by atoms with van der Waals surface area (Å²) >= 11 is 0.